The molecule has 0 bridgehead atoms. The Morgan fingerprint density at radius 3 is 2.09 bits per heavy atom. The van der Waals surface area contributed by atoms with Crippen LogP contribution in [0.4, 0.5) is 8.78 Å². The van der Waals surface area contributed by atoms with Crippen LogP contribution in [-0.2, 0) is 9.84 Å². The number of rotatable bonds is 5. The number of carbonyl (C=O) groups excluding carboxylic acids is 1. The molecule has 0 saturated heterocycles. The van der Waals surface area contributed by atoms with Gasteiger partial charge in [0, 0.05) is 5.56 Å². The van der Waals surface area contributed by atoms with Gasteiger partial charge in [-0.2, -0.15) is 8.78 Å². The standard InChI is InChI=1S/C17H14F2O3S/c1-12-2-4-13(5-3-12)6-11-16(20)14-7-9-15(10-8-14)23(21,22)17(18)19/h2-11,17H,1H3. The van der Waals surface area contributed by atoms with Crippen molar-refractivity contribution in [1.82, 2.24) is 0 Å². The second kappa shape index (κ2) is 6.83. The molecule has 0 N–H and O–H groups in total. The molecule has 0 saturated carbocycles. The Bertz CT molecular complexity index is 821. The van der Waals surface area contributed by atoms with Gasteiger partial charge in [0.05, 0.1) is 4.90 Å². The number of allylic oxidation sites excluding steroid dienone is 1. The van der Waals surface area contributed by atoms with E-state index in [0.717, 1.165) is 23.3 Å². The number of carbonyl (C=O) groups is 1. The Kier molecular flexibility index (Phi) is 5.05. The van der Waals surface area contributed by atoms with Gasteiger partial charge in [-0.05, 0) is 42.8 Å². The summed E-state index contributed by atoms with van der Waals surface area (Å²) in [4.78, 5) is 11.5. The zero-order valence-electron chi connectivity index (χ0n) is 12.2. The number of alkyl halides is 2. The van der Waals surface area contributed by atoms with E-state index in [1.54, 1.807) is 6.08 Å². The fourth-order valence-electron chi connectivity index (χ4n) is 1.86. The maximum absolute atomic E-state index is 12.4. The summed E-state index contributed by atoms with van der Waals surface area (Å²) in [6.07, 6.45) is 2.98. The van der Waals surface area contributed by atoms with Crippen LogP contribution in [0.15, 0.2) is 59.5 Å². The Morgan fingerprint density at radius 1 is 1.00 bits per heavy atom. The summed E-state index contributed by atoms with van der Waals surface area (Å²) in [7, 11) is -4.64. The molecule has 3 nitrogen and oxygen atoms in total. The van der Waals surface area contributed by atoms with Crippen molar-refractivity contribution >= 4 is 21.7 Å². The zero-order valence-corrected chi connectivity index (χ0v) is 13.1. The summed E-state index contributed by atoms with van der Waals surface area (Å²) < 4.78 is 47.5. The molecular formula is C17H14F2O3S. The highest BCUT2D eigenvalue weighted by atomic mass is 32.2. The predicted molar refractivity (Wildman–Crippen MR) is 84.2 cm³/mol. The summed E-state index contributed by atoms with van der Waals surface area (Å²) in [5.41, 5.74) is 2.17. The first-order valence-corrected chi connectivity index (χ1v) is 8.26. The molecule has 0 unspecified atom stereocenters. The molecule has 0 aliphatic carbocycles. The average molecular weight is 336 g/mol. The summed E-state index contributed by atoms with van der Waals surface area (Å²) in [5, 5.41) is 0. The maximum atomic E-state index is 12.4. The molecule has 0 spiro atoms. The summed E-state index contributed by atoms with van der Waals surface area (Å²) in [5.74, 6) is -3.82. The Morgan fingerprint density at radius 2 is 1.57 bits per heavy atom. The van der Waals surface area contributed by atoms with E-state index in [0.29, 0.717) is 0 Å². The van der Waals surface area contributed by atoms with Crippen LogP contribution >= 0.6 is 0 Å². The van der Waals surface area contributed by atoms with E-state index < -0.39 is 20.5 Å². The van der Waals surface area contributed by atoms with Gasteiger partial charge in [0.25, 0.3) is 0 Å². The first-order chi connectivity index (χ1) is 10.8. The molecule has 6 heteroatoms. The van der Waals surface area contributed by atoms with E-state index in [2.05, 4.69) is 0 Å². The quantitative estimate of drug-likeness (QED) is 0.615. The lowest BCUT2D eigenvalue weighted by molar-refractivity contribution is 0.104. The molecule has 0 heterocycles. The van der Waals surface area contributed by atoms with Crippen molar-refractivity contribution in [2.75, 3.05) is 0 Å². The molecule has 0 aliphatic heterocycles. The molecule has 120 valence electrons. The average Bonchev–Trinajstić information content (AvgIpc) is 2.54. The normalized spacial score (nSPS) is 12.0. The van der Waals surface area contributed by atoms with Crippen molar-refractivity contribution in [2.24, 2.45) is 0 Å². The second-order valence-electron chi connectivity index (χ2n) is 4.94. The number of sulfone groups is 1. The highest BCUT2D eigenvalue weighted by molar-refractivity contribution is 7.91. The van der Waals surface area contributed by atoms with Crippen molar-refractivity contribution in [2.45, 2.75) is 17.6 Å². The lowest BCUT2D eigenvalue weighted by atomic mass is 10.1. The van der Waals surface area contributed by atoms with Crippen LogP contribution in [0.5, 0.6) is 0 Å². The molecule has 0 fully saturated rings. The van der Waals surface area contributed by atoms with E-state index in [9.17, 15) is 22.0 Å². The van der Waals surface area contributed by atoms with Crippen LogP contribution in [0.1, 0.15) is 21.5 Å². The molecule has 2 aromatic carbocycles. The number of benzene rings is 2. The minimum atomic E-state index is -4.64. The van der Waals surface area contributed by atoms with Crippen LogP contribution in [0, 0.1) is 6.92 Å². The summed E-state index contributed by atoms with van der Waals surface area (Å²) >= 11 is 0. The SMILES string of the molecule is Cc1ccc(C=CC(=O)c2ccc(S(=O)(=O)C(F)F)cc2)cc1. The zero-order chi connectivity index (χ0) is 17.0. The van der Waals surface area contributed by atoms with Crippen LogP contribution in [-0.4, -0.2) is 20.0 Å². The number of hydrogen-bond donors (Lipinski definition) is 0. The second-order valence-corrected chi connectivity index (χ2v) is 6.86. The summed E-state index contributed by atoms with van der Waals surface area (Å²) in [6.45, 7) is 1.95. The first kappa shape index (κ1) is 17.0. The topological polar surface area (TPSA) is 51.2 Å². The lowest BCUT2D eigenvalue weighted by Crippen LogP contribution is -2.11. The number of ketones is 1. The molecule has 0 radical (unpaired) electrons. The van der Waals surface area contributed by atoms with Gasteiger partial charge in [0.2, 0.25) is 9.84 Å². The van der Waals surface area contributed by atoms with Crippen LogP contribution in [0.3, 0.4) is 0 Å². The van der Waals surface area contributed by atoms with Crippen molar-refractivity contribution in [3.05, 3.63) is 71.3 Å². The van der Waals surface area contributed by atoms with Gasteiger partial charge in [-0.15, -0.1) is 0 Å². The molecule has 0 aromatic heterocycles. The van der Waals surface area contributed by atoms with E-state index in [4.69, 9.17) is 0 Å². The van der Waals surface area contributed by atoms with Gasteiger partial charge in [-0.1, -0.05) is 35.9 Å². The number of halogens is 2. The fourth-order valence-corrected chi connectivity index (χ4v) is 2.58. The molecule has 0 amide bonds. The monoisotopic (exact) mass is 336 g/mol. The van der Waals surface area contributed by atoms with Crippen LogP contribution in [0.25, 0.3) is 6.08 Å². The number of aryl methyl sites for hydroxylation is 1. The van der Waals surface area contributed by atoms with Gasteiger partial charge in [0.15, 0.2) is 5.78 Å². The van der Waals surface area contributed by atoms with Gasteiger partial charge in [-0.3, -0.25) is 4.79 Å². The fraction of sp³-hybridized carbons (Fsp3) is 0.118. The molecule has 2 aromatic rings. The van der Waals surface area contributed by atoms with Crippen molar-refractivity contribution in [3.8, 4) is 0 Å². The summed E-state index contributed by atoms with van der Waals surface area (Å²) in [6, 6.07) is 12.0. The molecule has 2 rings (SSSR count). The van der Waals surface area contributed by atoms with E-state index in [-0.39, 0.29) is 11.3 Å². The third-order valence-corrected chi connectivity index (χ3v) is 4.60. The molecule has 0 atom stereocenters. The van der Waals surface area contributed by atoms with Crippen LogP contribution in [0.2, 0.25) is 0 Å². The highest BCUT2D eigenvalue weighted by Crippen LogP contribution is 2.19. The minimum absolute atomic E-state index is 0.224. The number of hydrogen-bond acceptors (Lipinski definition) is 3. The predicted octanol–water partition coefficient (Wildman–Crippen LogP) is 3.89. The highest BCUT2D eigenvalue weighted by Gasteiger charge is 2.26. The van der Waals surface area contributed by atoms with Gasteiger partial charge >= 0.3 is 5.76 Å². The molecule has 23 heavy (non-hydrogen) atoms. The van der Waals surface area contributed by atoms with E-state index in [1.165, 1.54) is 18.2 Å². The van der Waals surface area contributed by atoms with E-state index in [1.807, 2.05) is 31.2 Å². The van der Waals surface area contributed by atoms with E-state index >= 15 is 0 Å². The first-order valence-electron chi connectivity index (χ1n) is 6.72. The third kappa shape index (κ3) is 4.10. The lowest BCUT2D eigenvalue weighted by Gasteiger charge is -2.03. The van der Waals surface area contributed by atoms with Crippen LogP contribution < -0.4 is 0 Å². The third-order valence-electron chi connectivity index (χ3n) is 3.21. The Hall–Kier alpha value is -2.34. The Labute approximate surface area is 133 Å². The smallest absolute Gasteiger partial charge is 0.289 e. The van der Waals surface area contributed by atoms with Gasteiger partial charge < -0.3 is 0 Å². The maximum Gasteiger partial charge on any atom is 0.341 e. The van der Waals surface area contributed by atoms with Gasteiger partial charge in [-0.25, -0.2) is 8.42 Å². The Balaban J connectivity index is 2.16. The van der Waals surface area contributed by atoms with Crippen molar-refractivity contribution < 1.29 is 22.0 Å². The van der Waals surface area contributed by atoms with Gasteiger partial charge in [0.1, 0.15) is 0 Å². The molecule has 0 aliphatic rings. The largest absolute Gasteiger partial charge is 0.341 e. The minimum Gasteiger partial charge on any atom is -0.289 e. The molecular weight excluding hydrogens is 322 g/mol. The van der Waals surface area contributed by atoms with Crippen molar-refractivity contribution in [3.63, 3.8) is 0 Å². The van der Waals surface area contributed by atoms with Crippen molar-refractivity contribution in [1.29, 1.82) is 0 Å².